The van der Waals surface area contributed by atoms with E-state index in [0.29, 0.717) is 23.1 Å². The molecule has 23 heavy (non-hydrogen) atoms. The van der Waals surface area contributed by atoms with Gasteiger partial charge in [0.05, 0.1) is 0 Å². The van der Waals surface area contributed by atoms with E-state index in [-0.39, 0.29) is 17.6 Å². The zero-order chi connectivity index (χ0) is 16.4. The van der Waals surface area contributed by atoms with Crippen molar-refractivity contribution in [3.05, 3.63) is 76.9 Å². The fourth-order valence-electron chi connectivity index (χ4n) is 2.82. The Morgan fingerprint density at radius 1 is 1.00 bits per heavy atom. The summed E-state index contributed by atoms with van der Waals surface area (Å²) in [7, 11) is 0. The van der Waals surface area contributed by atoms with Crippen molar-refractivity contribution in [1.29, 1.82) is 0 Å². The summed E-state index contributed by atoms with van der Waals surface area (Å²) in [5, 5.41) is 10.4. The minimum Gasteiger partial charge on any atom is -0.507 e. The number of aliphatic hydroxyl groups is 1. The molecule has 0 spiro atoms. The lowest BCUT2D eigenvalue weighted by Crippen LogP contribution is -2.10. The third-order valence-electron chi connectivity index (χ3n) is 3.85. The fraction of sp³-hybridized carbons (Fsp3) is 0.200. The molecule has 3 rings (SSSR count). The molecule has 2 aromatic carbocycles. The van der Waals surface area contributed by atoms with Crippen LogP contribution in [0.15, 0.2) is 65.2 Å². The summed E-state index contributed by atoms with van der Waals surface area (Å²) < 4.78 is 0. The number of carbonyl (C=O) groups excluding carboxylic acids is 1. The number of fused-ring (bicyclic) bond motifs is 1. The van der Waals surface area contributed by atoms with Gasteiger partial charge in [0.2, 0.25) is 0 Å². The molecule has 0 fully saturated rings. The highest BCUT2D eigenvalue weighted by atomic mass is 16.3. The van der Waals surface area contributed by atoms with Crippen LogP contribution in [-0.2, 0) is 0 Å². The highest BCUT2D eigenvalue weighted by Crippen LogP contribution is 2.33. The minimum atomic E-state index is -0.106. The molecule has 2 aromatic rings. The zero-order valence-corrected chi connectivity index (χ0v) is 13.3. The van der Waals surface area contributed by atoms with Crippen LogP contribution in [0.2, 0.25) is 0 Å². The van der Waals surface area contributed by atoms with Gasteiger partial charge in [0, 0.05) is 34.9 Å². The average Bonchev–Trinajstić information content (AvgIpc) is 2.80. The fourth-order valence-corrected chi connectivity index (χ4v) is 2.82. The number of hydrogen-bond acceptors (Lipinski definition) is 3. The van der Waals surface area contributed by atoms with Gasteiger partial charge in [-0.2, -0.15) is 0 Å². The van der Waals surface area contributed by atoms with Crippen LogP contribution in [0.25, 0.3) is 5.76 Å². The van der Waals surface area contributed by atoms with Gasteiger partial charge in [0.25, 0.3) is 0 Å². The highest BCUT2D eigenvalue weighted by Gasteiger charge is 2.30. The van der Waals surface area contributed by atoms with Gasteiger partial charge in [-0.1, -0.05) is 54.6 Å². The van der Waals surface area contributed by atoms with Crippen molar-refractivity contribution in [2.45, 2.75) is 26.3 Å². The molecule has 1 aliphatic carbocycles. The van der Waals surface area contributed by atoms with Gasteiger partial charge in [0.1, 0.15) is 5.76 Å². The maximum atomic E-state index is 12.6. The summed E-state index contributed by atoms with van der Waals surface area (Å²) in [5.74, 6) is -0.0246. The molecule has 0 saturated carbocycles. The van der Waals surface area contributed by atoms with Crippen LogP contribution in [0.5, 0.6) is 0 Å². The number of nitrogens with zero attached hydrogens (tertiary/aromatic N) is 1. The Hall–Kier alpha value is -2.68. The number of Topliss-reactive ketones (excluding diaryl/α,β-unsaturated/α-hetero) is 1. The van der Waals surface area contributed by atoms with Gasteiger partial charge in [-0.05, 0) is 19.4 Å². The van der Waals surface area contributed by atoms with Crippen LogP contribution in [0, 0.1) is 0 Å². The van der Waals surface area contributed by atoms with Crippen molar-refractivity contribution < 1.29 is 9.90 Å². The van der Waals surface area contributed by atoms with Crippen LogP contribution >= 0.6 is 0 Å². The predicted octanol–water partition coefficient (Wildman–Crippen LogP) is 4.44. The largest absolute Gasteiger partial charge is 0.507 e. The first kappa shape index (κ1) is 15.2. The maximum Gasteiger partial charge on any atom is 0.193 e. The minimum absolute atomic E-state index is 0.0815. The smallest absolute Gasteiger partial charge is 0.193 e. The average molecular weight is 305 g/mol. The van der Waals surface area contributed by atoms with Gasteiger partial charge in [-0.3, -0.25) is 9.79 Å². The summed E-state index contributed by atoms with van der Waals surface area (Å²) in [6.07, 6.45) is 0.335. The molecule has 3 heteroatoms. The number of hydrogen-bond donors (Lipinski definition) is 1. The Bertz CT molecular complexity index is 801. The number of rotatable bonds is 4. The van der Waals surface area contributed by atoms with Crippen molar-refractivity contribution in [1.82, 2.24) is 0 Å². The number of aliphatic imine (C=N–C) groups is 1. The quantitative estimate of drug-likeness (QED) is 0.849. The van der Waals surface area contributed by atoms with E-state index in [1.165, 1.54) is 0 Å². The first-order chi connectivity index (χ1) is 11.1. The Kier molecular flexibility index (Phi) is 4.11. The molecule has 0 aromatic heterocycles. The second-order valence-electron chi connectivity index (χ2n) is 5.91. The van der Waals surface area contributed by atoms with Gasteiger partial charge in [-0.25, -0.2) is 0 Å². The van der Waals surface area contributed by atoms with E-state index >= 15 is 0 Å². The van der Waals surface area contributed by atoms with Crippen LogP contribution in [-0.4, -0.2) is 22.6 Å². The molecule has 0 aliphatic heterocycles. The molecular formula is C20H19NO2. The van der Waals surface area contributed by atoms with E-state index in [1.54, 1.807) is 12.1 Å². The third-order valence-corrected chi connectivity index (χ3v) is 3.85. The van der Waals surface area contributed by atoms with Crippen molar-refractivity contribution >= 4 is 17.3 Å². The normalized spacial score (nSPS) is 14.6. The predicted molar refractivity (Wildman–Crippen MR) is 93.1 cm³/mol. The van der Waals surface area contributed by atoms with E-state index in [4.69, 9.17) is 0 Å². The van der Waals surface area contributed by atoms with Crippen molar-refractivity contribution in [3.63, 3.8) is 0 Å². The first-order valence-corrected chi connectivity index (χ1v) is 7.76. The Morgan fingerprint density at radius 2 is 1.61 bits per heavy atom. The second kappa shape index (κ2) is 6.21. The molecule has 0 radical (unpaired) electrons. The van der Waals surface area contributed by atoms with Crippen molar-refractivity contribution in [3.8, 4) is 0 Å². The molecule has 0 unspecified atom stereocenters. The molecule has 0 bridgehead atoms. The molecular weight excluding hydrogens is 286 g/mol. The second-order valence-corrected chi connectivity index (χ2v) is 5.91. The Labute approximate surface area is 136 Å². The summed E-state index contributed by atoms with van der Waals surface area (Å²) in [4.78, 5) is 17.2. The monoisotopic (exact) mass is 305 g/mol. The van der Waals surface area contributed by atoms with Gasteiger partial charge >= 0.3 is 0 Å². The number of carbonyl (C=O) groups is 1. The summed E-state index contributed by atoms with van der Waals surface area (Å²) in [6, 6.07) is 17.1. The van der Waals surface area contributed by atoms with Crippen LogP contribution in [0.1, 0.15) is 41.8 Å². The van der Waals surface area contributed by atoms with Crippen molar-refractivity contribution in [2.24, 2.45) is 4.99 Å². The van der Waals surface area contributed by atoms with E-state index in [9.17, 15) is 9.90 Å². The third kappa shape index (κ3) is 2.95. The number of aliphatic hydroxyl groups excluding tert-OH is 1. The Balaban J connectivity index is 1.99. The lowest BCUT2D eigenvalue weighted by molar-refractivity contribution is 0.103. The summed E-state index contributed by atoms with van der Waals surface area (Å²) in [5.41, 5.74) is 3.41. The highest BCUT2D eigenvalue weighted by molar-refractivity contribution is 6.22. The topological polar surface area (TPSA) is 49.7 Å². The maximum absolute atomic E-state index is 12.6. The molecule has 1 aliphatic rings. The van der Waals surface area contributed by atoms with E-state index in [0.717, 1.165) is 11.3 Å². The lowest BCUT2D eigenvalue weighted by Gasteiger charge is -2.10. The molecule has 0 atom stereocenters. The van der Waals surface area contributed by atoms with Crippen LogP contribution < -0.4 is 0 Å². The van der Waals surface area contributed by atoms with Crippen LogP contribution in [0.4, 0.5) is 0 Å². The van der Waals surface area contributed by atoms with E-state index in [1.807, 2.05) is 56.3 Å². The van der Waals surface area contributed by atoms with E-state index in [2.05, 4.69) is 4.99 Å². The summed E-state index contributed by atoms with van der Waals surface area (Å²) >= 11 is 0. The zero-order valence-electron chi connectivity index (χ0n) is 13.3. The summed E-state index contributed by atoms with van der Waals surface area (Å²) in [6.45, 7) is 4.00. The number of benzene rings is 2. The molecule has 0 heterocycles. The van der Waals surface area contributed by atoms with Gasteiger partial charge < -0.3 is 5.11 Å². The molecule has 0 amide bonds. The van der Waals surface area contributed by atoms with Crippen molar-refractivity contribution in [2.75, 3.05) is 0 Å². The molecule has 116 valence electrons. The van der Waals surface area contributed by atoms with Gasteiger partial charge in [0.15, 0.2) is 5.78 Å². The Morgan fingerprint density at radius 3 is 2.22 bits per heavy atom. The standard InChI is InChI=1S/C20H19NO2/c1-13(2)21-18(14-8-4-3-5-9-14)12-17-19(22)15-10-6-7-11-16(15)20(17)23/h3-11,13,22H,12H2,1-2H3. The van der Waals surface area contributed by atoms with Crippen LogP contribution in [0.3, 0.4) is 0 Å². The number of allylic oxidation sites excluding steroid dienone is 1. The lowest BCUT2D eigenvalue weighted by atomic mass is 9.99. The molecule has 0 saturated heterocycles. The first-order valence-electron chi connectivity index (χ1n) is 7.76. The molecule has 3 nitrogen and oxygen atoms in total. The van der Waals surface area contributed by atoms with E-state index < -0.39 is 0 Å². The number of ketones is 1. The SMILES string of the molecule is CC(C)N=C(CC1=C(O)c2ccccc2C1=O)c1ccccc1. The molecule has 1 N–H and O–H groups in total. The van der Waals surface area contributed by atoms with Gasteiger partial charge in [-0.15, -0.1) is 0 Å².